The maximum absolute atomic E-state index is 12.1. The average Bonchev–Trinajstić information content (AvgIpc) is 3.11. The molecule has 1 aromatic carbocycles. The summed E-state index contributed by atoms with van der Waals surface area (Å²) in [5.74, 6) is 0.510. The van der Waals surface area contributed by atoms with Crippen LogP contribution < -0.4 is 5.30 Å². The van der Waals surface area contributed by atoms with Crippen LogP contribution in [0.3, 0.4) is 0 Å². The van der Waals surface area contributed by atoms with Crippen molar-refractivity contribution in [3.63, 3.8) is 0 Å². The summed E-state index contributed by atoms with van der Waals surface area (Å²) >= 11 is 7.66. The monoisotopic (exact) mass is 407 g/mol. The third kappa shape index (κ3) is 3.03. The highest BCUT2D eigenvalue weighted by Crippen LogP contribution is 2.57. The minimum absolute atomic E-state index is 0.343. The van der Waals surface area contributed by atoms with Crippen molar-refractivity contribution in [3.8, 4) is 0 Å². The van der Waals surface area contributed by atoms with E-state index in [0.717, 1.165) is 34.8 Å². The number of fused-ring (bicyclic) bond motifs is 1. The molecule has 2 aromatic rings. The standard InChI is InChI=1S/C18H22N3O2PS2/c1-5-21(6-2)24(25)14-12-15(18(22)23-4)26-17(14)19-16(20(24)3)13-10-8-7-9-11-13/h7-12H,5-6H2,1-4H3/t24-/m0/s1. The van der Waals surface area contributed by atoms with Gasteiger partial charge in [0, 0.05) is 25.7 Å². The number of carbonyl (C=O) groups is 1. The van der Waals surface area contributed by atoms with Crippen LogP contribution in [0.25, 0.3) is 0 Å². The van der Waals surface area contributed by atoms with E-state index in [9.17, 15) is 4.79 Å². The summed E-state index contributed by atoms with van der Waals surface area (Å²) in [5, 5.41) is 1.79. The van der Waals surface area contributed by atoms with Crippen LogP contribution in [0.5, 0.6) is 0 Å². The fourth-order valence-electron chi connectivity index (χ4n) is 3.11. The number of thiophene rings is 1. The lowest BCUT2D eigenvalue weighted by molar-refractivity contribution is 0.0606. The van der Waals surface area contributed by atoms with E-state index < -0.39 is 6.34 Å². The molecule has 1 aliphatic rings. The van der Waals surface area contributed by atoms with Gasteiger partial charge in [0.15, 0.2) is 0 Å². The summed E-state index contributed by atoms with van der Waals surface area (Å²) in [4.78, 5) is 17.5. The Morgan fingerprint density at radius 2 is 1.96 bits per heavy atom. The molecule has 0 amide bonds. The first-order valence-corrected chi connectivity index (χ1v) is 12.0. The second-order valence-electron chi connectivity index (χ2n) is 5.80. The first kappa shape index (κ1) is 19.2. The zero-order valence-electron chi connectivity index (χ0n) is 15.3. The maximum Gasteiger partial charge on any atom is 0.348 e. The molecule has 0 radical (unpaired) electrons. The number of ether oxygens (including phenoxy) is 1. The lowest BCUT2D eigenvalue weighted by Gasteiger charge is -2.43. The van der Waals surface area contributed by atoms with Gasteiger partial charge in [0.25, 0.3) is 0 Å². The minimum Gasteiger partial charge on any atom is -0.465 e. The van der Waals surface area contributed by atoms with Gasteiger partial charge >= 0.3 is 5.97 Å². The number of hydrogen-bond donors (Lipinski definition) is 0. The quantitative estimate of drug-likeness (QED) is 0.557. The number of amidine groups is 1. The van der Waals surface area contributed by atoms with E-state index in [-0.39, 0.29) is 5.97 Å². The molecule has 2 heterocycles. The molecule has 0 aliphatic carbocycles. The van der Waals surface area contributed by atoms with Crippen molar-refractivity contribution in [1.29, 1.82) is 0 Å². The highest BCUT2D eigenvalue weighted by atomic mass is 32.4. The molecule has 0 saturated carbocycles. The Morgan fingerprint density at radius 3 is 2.54 bits per heavy atom. The van der Waals surface area contributed by atoms with Crippen LogP contribution in [0.4, 0.5) is 5.00 Å². The lowest BCUT2D eigenvalue weighted by atomic mass is 10.2. The first-order valence-electron chi connectivity index (χ1n) is 8.43. The molecule has 0 fully saturated rings. The van der Waals surface area contributed by atoms with Crippen molar-refractivity contribution in [2.24, 2.45) is 4.99 Å². The molecule has 1 atom stereocenters. The number of benzene rings is 1. The molecule has 0 unspecified atom stereocenters. The molecule has 0 N–H and O–H groups in total. The van der Waals surface area contributed by atoms with Gasteiger partial charge in [-0.3, -0.25) is 4.67 Å². The van der Waals surface area contributed by atoms with E-state index in [1.165, 1.54) is 18.4 Å². The Kier molecular flexibility index (Phi) is 5.63. The predicted molar refractivity (Wildman–Crippen MR) is 113 cm³/mol. The predicted octanol–water partition coefficient (Wildman–Crippen LogP) is 3.84. The number of esters is 1. The highest BCUT2D eigenvalue weighted by molar-refractivity contribution is 8.16. The van der Waals surface area contributed by atoms with Crippen molar-refractivity contribution in [2.45, 2.75) is 13.8 Å². The fourth-order valence-corrected chi connectivity index (χ4v) is 8.86. The Bertz CT molecular complexity index is 891. The number of hydrogen-bond acceptors (Lipinski definition) is 5. The summed E-state index contributed by atoms with van der Waals surface area (Å²) in [5.41, 5.74) is 1.02. The Balaban J connectivity index is 2.24. The van der Waals surface area contributed by atoms with Crippen LogP contribution in [0.2, 0.25) is 0 Å². The van der Waals surface area contributed by atoms with Crippen LogP contribution in [-0.4, -0.2) is 48.4 Å². The third-order valence-electron chi connectivity index (χ3n) is 4.46. The van der Waals surface area contributed by atoms with Gasteiger partial charge in [0.05, 0.1) is 12.4 Å². The first-order chi connectivity index (χ1) is 12.5. The summed E-state index contributed by atoms with van der Waals surface area (Å²) < 4.78 is 9.36. The van der Waals surface area contributed by atoms with Gasteiger partial charge in [-0.05, 0) is 6.07 Å². The summed E-state index contributed by atoms with van der Waals surface area (Å²) in [6.07, 6.45) is -2.28. The lowest BCUT2D eigenvalue weighted by Crippen LogP contribution is -2.40. The molecule has 8 heteroatoms. The van der Waals surface area contributed by atoms with E-state index in [4.69, 9.17) is 21.5 Å². The molecule has 0 saturated heterocycles. The number of nitrogens with zero attached hydrogens (tertiary/aromatic N) is 3. The molecule has 26 heavy (non-hydrogen) atoms. The molecular weight excluding hydrogens is 385 g/mol. The number of aliphatic imine (C=N–C) groups is 1. The molecule has 3 rings (SSSR count). The third-order valence-corrected chi connectivity index (χ3v) is 10.9. The van der Waals surface area contributed by atoms with E-state index in [2.05, 4.69) is 23.2 Å². The van der Waals surface area contributed by atoms with Crippen molar-refractivity contribution < 1.29 is 9.53 Å². The Morgan fingerprint density at radius 1 is 1.31 bits per heavy atom. The number of methoxy groups -OCH3 is 1. The van der Waals surface area contributed by atoms with Crippen LogP contribution in [0.1, 0.15) is 29.1 Å². The molecule has 0 spiro atoms. The maximum atomic E-state index is 12.1. The number of carbonyl (C=O) groups excluding carboxylic acids is 1. The normalized spacial score (nSPS) is 19.3. The minimum atomic E-state index is -2.28. The zero-order valence-corrected chi connectivity index (χ0v) is 17.8. The SMILES string of the molecule is CCN(CC)[P@]1(=S)c2cc(C(=O)OC)sc2N=C(c2ccccc2)N1C. The van der Waals surface area contributed by atoms with Gasteiger partial charge in [-0.1, -0.05) is 56.0 Å². The van der Waals surface area contributed by atoms with Gasteiger partial charge in [-0.25, -0.2) is 9.79 Å². The van der Waals surface area contributed by atoms with Gasteiger partial charge in [-0.15, -0.1) is 11.3 Å². The largest absolute Gasteiger partial charge is 0.465 e. The van der Waals surface area contributed by atoms with Crippen molar-refractivity contribution in [1.82, 2.24) is 9.34 Å². The molecule has 1 aromatic heterocycles. The average molecular weight is 408 g/mol. The van der Waals surface area contributed by atoms with Crippen LogP contribution in [-0.2, 0) is 16.5 Å². The Hall–Kier alpha value is -1.53. The second kappa shape index (κ2) is 7.61. The fraction of sp³-hybridized carbons (Fsp3) is 0.333. The van der Waals surface area contributed by atoms with Gasteiger partial charge < -0.3 is 9.41 Å². The summed E-state index contributed by atoms with van der Waals surface area (Å²) in [6, 6.07) is 11.9. The Labute approximate surface area is 163 Å². The highest BCUT2D eigenvalue weighted by Gasteiger charge is 2.40. The van der Waals surface area contributed by atoms with Crippen LogP contribution in [0, 0.1) is 0 Å². The topological polar surface area (TPSA) is 45.1 Å². The van der Waals surface area contributed by atoms with E-state index in [0.29, 0.717) is 4.88 Å². The molecule has 5 nitrogen and oxygen atoms in total. The van der Waals surface area contributed by atoms with E-state index in [1.807, 2.05) is 43.4 Å². The van der Waals surface area contributed by atoms with Crippen molar-refractivity contribution in [3.05, 3.63) is 46.8 Å². The number of rotatable bonds is 5. The van der Waals surface area contributed by atoms with Crippen LogP contribution in [0.15, 0.2) is 41.4 Å². The molecule has 0 bridgehead atoms. The second-order valence-corrected chi connectivity index (χ2v) is 11.1. The van der Waals surface area contributed by atoms with E-state index in [1.54, 1.807) is 0 Å². The molecular formula is C18H22N3O2PS2. The van der Waals surface area contributed by atoms with Gasteiger partial charge in [0.2, 0.25) is 0 Å². The summed E-state index contributed by atoms with van der Waals surface area (Å²) in [7, 11) is 3.41. The summed E-state index contributed by atoms with van der Waals surface area (Å²) in [6.45, 7) is 5.91. The molecule has 138 valence electrons. The smallest absolute Gasteiger partial charge is 0.348 e. The zero-order chi connectivity index (χ0) is 18.9. The van der Waals surface area contributed by atoms with Crippen LogP contribution >= 0.6 is 17.7 Å². The van der Waals surface area contributed by atoms with E-state index >= 15 is 0 Å². The van der Waals surface area contributed by atoms with Gasteiger partial charge in [-0.2, -0.15) is 0 Å². The van der Waals surface area contributed by atoms with Crippen molar-refractivity contribution in [2.75, 3.05) is 27.2 Å². The molecule has 1 aliphatic heterocycles. The van der Waals surface area contributed by atoms with Crippen molar-refractivity contribution >= 4 is 51.6 Å². The van der Waals surface area contributed by atoms with Gasteiger partial charge in [0.1, 0.15) is 22.1 Å².